The highest BCUT2D eigenvalue weighted by Gasteiger charge is 2.23. The Hall–Kier alpha value is -2.88. The van der Waals surface area contributed by atoms with Gasteiger partial charge >= 0.3 is 0 Å². The van der Waals surface area contributed by atoms with Crippen LogP contribution in [0.15, 0.2) is 65.2 Å². The summed E-state index contributed by atoms with van der Waals surface area (Å²) in [5, 5.41) is 7.16. The zero-order chi connectivity index (χ0) is 17.8. The fourth-order valence-corrected chi connectivity index (χ4v) is 3.59. The van der Waals surface area contributed by atoms with Crippen LogP contribution in [0.4, 0.5) is 0 Å². The van der Waals surface area contributed by atoms with Crippen LogP contribution in [0.25, 0.3) is 0 Å². The van der Waals surface area contributed by atoms with Crippen LogP contribution in [0.3, 0.4) is 0 Å². The molecule has 1 atom stereocenters. The van der Waals surface area contributed by atoms with Crippen molar-refractivity contribution in [2.24, 2.45) is 0 Å². The third kappa shape index (κ3) is 3.69. The van der Waals surface area contributed by atoms with Crippen molar-refractivity contribution in [2.45, 2.75) is 38.1 Å². The van der Waals surface area contributed by atoms with E-state index in [0.29, 0.717) is 0 Å². The van der Waals surface area contributed by atoms with Crippen LogP contribution in [0, 0.1) is 0 Å². The molecular formula is C22H22N2O2. The van der Waals surface area contributed by atoms with Gasteiger partial charge in [-0.05, 0) is 48.8 Å². The molecule has 0 saturated heterocycles. The third-order valence-corrected chi connectivity index (χ3v) is 4.97. The van der Waals surface area contributed by atoms with E-state index in [0.717, 1.165) is 37.8 Å². The van der Waals surface area contributed by atoms with Gasteiger partial charge < -0.3 is 9.84 Å². The summed E-state index contributed by atoms with van der Waals surface area (Å²) in [4.78, 5) is 12.6. The van der Waals surface area contributed by atoms with Crippen molar-refractivity contribution in [1.82, 2.24) is 10.5 Å². The molecule has 26 heavy (non-hydrogen) atoms. The van der Waals surface area contributed by atoms with Gasteiger partial charge in [0.15, 0.2) is 0 Å². The van der Waals surface area contributed by atoms with E-state index in [-0.39, 0.29) is 17.7 Å². The molecule has 4 nitrogen and oxygen atoms in total. The summed E-state index contributed by atoms with van der Waals surface area (Å²) in [6.45, 7) is 0. The van der Waals surface area contributed by atoms with Crippen LogP contribution in [0.2, 0.25) is 0 Å². The highest BCUT2D eigenvalue weighted by Crippen LogP contribution is 2.29. The fraction of sp³-hybridized carbons (Fsp3) is 0.273. The van der Waals surface area contributed by atoms with Gasteiger partial charge in [-0.2, -0.15) is 0 Å². The summed E-state index contributed by atoms with van der Waals surface area (Å²) >= 11 is 0. The number of hydrogen-bond donors (Lipinski definition) is 1. The van der Waals surface area contributed by atoms with Gasteiger partial charge in [0, 0.05) is 6.07 Å². The summed E-state index contributed by atoms with van der Waals surface area (Å²) in [5.74, 6) is 0.0984. The van der Waals surface area contributed by atoms with Gasteiger partial charge in [-0.15, -0.1) is 0 Å². The van der Waals surface area contributed by atoms with E-state index in [1.54, 1.807) is 6.07 Å². The topological polar surface area (TPSA) is 55.1 Å². The highest BCUT2D eigenvalue weighted by molar-refractivity contribution is 5.91. The van der Waals surface area contributed by atoms with Crippen molar-refractivity contribution in [1.29, 1.82) is 0 Å². The number of hydrogen-bond acceptors (Lipinski definition) is 3. The lowest BCUT2D eigenvalue weighted by Gasteiger charge is -2.25. The first kappa shape index (κ1) is 16.6. The first-order valence-corrected chi connectivity index (χ1v) is 9.18. The average molecular weight is 346 g/mol. The molecule has 1 amide bonds. The van der Waals surface area contributed by atoms with Gasteiger partial charge in [0.1, 0.15) is 0 Å². The molecular weight excluding hydrogens is 324 g/mol. The predicted molar refractivity (Wildman–Crippen MR) is 99.9 cm³/mol. The molecule has 132 valence electrons. The minimum Gasteiger partial charge on any atom is -0.351 e. The number of benzene rings is 2. The molecule has 4 rings (SSSR count). The van der Waals surface area contributed by atoms with Crippen LogP contribution in [-0.2, 0) is 19.3 Å². The molecule has 1 heterocycles. The van der Waals surface area contributed by atoms with Crippen LogP contribution < -0.4 is 5.32 Å². The Kier molecular flexibility index (Phi) is 4.82. The summed E-state index contributed by atoms with van der Waals surface area (Å²) in [6, 6.07) is 20.4. The highest BCUT2D eigenvalue weighted by atomic mass is 16.5. The maximum absolute atomic E-state index is 12.6. The monoisotopic (exact) mass is 346 g/mol. The number of carbonyl (C=O) groups excluding carboxylic acids is 1. The molecule has 4 heteroatoms. The minimum atomic E-state index is -0.190. The molecule has 1 unspecified atom stereocenters. The van der Waals surface area contributed by atoms with Crippen LogP contribution in [-0.4, -0.2) is 11.1 Å². The zero-order valence-corrected chi connectivity index (χ0v) is 14.7. The van der Waals surface area contributed by atoms with E-state index in [2.05, 4.69) is 40.8 Å². The lowest BCUT2D eigenvalue weighted by atomic mass is 9.88. The molecule has 2 aromatic carbocycles. The zero-order valence-electron chi connectivity index (χ0n) is 14.7. The molecule has 1 N–H and O–H groups in total. The van der Waals surface area contributed by atoms with Crippen LogP contribution in [0.5, 0.6) is 0 Å². The SMILES string of the molecule is O=C(NC1CCCc2ccccc21)c1cc(CCc2ccccc2)no1. The Morgan fingerprint density at radius 3 is 2.77 bits per heavy atom. The van der Waals surface area contributed by atoms with E-state index in [9.17, 15) is 4.79 Å². The number of fused-ring (bicyclic) bond motifs is 1. The molecule has 1 aliphatic carbocycles. The first-order valence-electron chi connectivity index (χ1n) is 9.18. The molecule has 0 saturated carbocycles. The Morgan fingerprint density at radius 2 is 1.88 bits per heavy atom. The Labute approximate surface area is 153 Å². The maximum atomic E-state index is 12.6. The van der Waals surface area contributed by atoms with Crippen molar-refractivity contribution >= 4 is 5.91 Å². The van der Waals surface area contributed by atoms with Gasteiger partial charge in [0.05, 0.1) is 11.7 Å². The van der Waals surface area contributed by atoms with Gasteiger partial charge in [-0.1, -0.05) is 59.8 Å². The number of aryl methyl sites for hydroxylation is 3. The van der Waals surface area contributed by atoms with E-state index >= 15 is 0 Å². The molecule has 0 radical (unpaired) electrons. The Morgan fingerprint density at radius 1 is 1.08 bits per heavy atom. The van der Waals surface area contributed by atoms with Crippen molar-refractivity contribution in [3.63, 3.8) is 0 Å². The normalized spacial score (nSPS) is 16.1. The van der Waals surface area contributed by atoms with E-state index in [1.807, 2.05) is 24.3 Å². The second kappa shape index (κ2) is 7.56. The number of amides is 1. The minimum absolute atomic E-state index is 0.0466. The van der Waals surface area contributed by atoms with Crippen LogP contribution >= 0.6 is 0 Å². The largest absolute Gasteiger partial charge is 0.351 e. The maximum Gasteiger partial charge on any atom is 0.290 e. The summed E-state index contributed by atoms with van der Waals surface area (Å²) in [5.41, 5.74) is 4.60. The number of nitrogens with one attached hydrogen (secondary N) is 1. The van der Waals surface area contributed by atoms with Crippen molar-refractivity contribution < 1.29 is 9.32 Å². The summed E-state index contributed by atoms with van der Waals surface area (Å²) < 4.78 is 5.28. The van der Waals surface area contributed by atoms with Gasteiger partial charge in [-0.3, -0.25) is 4.79 Å². The number of nitrogens with zero attached hydrogens (tertiary/aromatic N) is 1. The average Bonchev–Trinajstić information content (AvgIpc) is 3.17. The fourth-order valence-electron chi connectivity index (χ4n) is 3.59. The number of rotatable bonds is 5. The lowest BCUT2D eigenvalue weighted by Crippen LogP contribution is -2.30. The van der Waals surface area contributed by atoms with E-state index in [4.69, 9.17) is 4.52 Å². The first-order chi connectivity index (χ1) is 12.8. The van der Waals surface area contributed by atoms with Crippen molar-refractivity contribution in [3.05, 3.63) is 88.8 Å². The number of carbonyl (C=O) groups is 1. The molecule has 1 aromatic heterocycles. The summed E-state index contributed by atoms with van der Waals surface area (Å²) in [7, 11) is 0. The van der Waals surface area contributed by atoms with E-state index in [1.165, 1.54) is 16.7 Å². The Balaban J connectivity index is 1.39. The molecule has 3 aromatic rings. The smallest absolute Gasteiger partial charge is 0.290 e. The number of aromatic nitrogens is 1. The standard InChI is InChI=1S/C22H22N2O2/c25-22(23-20-12-6-10-17-9-4-5-11-19(17)20)21-15-18(24-26-21)14-13-16-7-2-1-3-8-16/h1-5,7-9,11,15,20H,6,10,12-14H2,(H,23,25). The van der Waals surface area contributed by atoms with Gasteiger partial charge in [0.25, 0.3) is 5.91 Å². The van der Waals surface area contributed by atoms with Crippen molar-refractivity contribution in [2.75, 3.05) is 0 Å². The second-order valence-electron chi connectivity index (χ2n) is 6.79. The lowest BCUT2D eigenvalue weighted by molar-refractivity contribution is 0.0895. The Bertz CT molecular complexity index is 886. The summed E-state index contributed by atoms with van der Waals surface area (Å²) in [6.07, 6.45) is 4.75. The van der Waals surface area contributed by atoms with Crippen molar-refractivity contribution in [3.8, 4) is 0 Å². The predicted octanol–water partition coefficient (Wildman–Crippen LogP) is 4.27. The third-order valence-electron chi connectivity index (χ3n) is 4.97. The van der Waals surface area contributed by atoms with Crippen LogP contribution in [0.1, 0.15) is 51.8 Å². The van der Waals surface area contributed by atoms with Gasteiger partial charge in [0.2, 0.25) is 5.76 Å². The molecule has 1 aliphatic rings. The molecule has 0 fully saturated rings. The quantitative estimate of drug-likeness (QED) is 0.751. The molecule has 0 aliphatic heterocycles. The van der Waals surface area contributed by atoms with Gasteiger partial charge in [-0.25, -0.2) is 0 Å². The van der Waals surface area contributed by atoms with E-state index < -0.39 is 0 Å². The molecule has 0 bridgehead atoms. The molecule has 0 spiro atoms. The second-order valence-corrected chi connectivity index (χ2v) is 6.79.